The van der Waals surface area contributed by atoms with E-state index < -0.39 is 6.17 Å². The van der Waals surface area contributed by atoms with Crippen LogP contribution in [0.25, 0.3) is 0 Å². The normalized spacial score (nSPS) is 22.1. The Hall–Kier alpha value is -1.09. The zero-order valence-electron chi connectivity index (χ0n) is 10.3. The lowest BCUT2D eigenvalue weighted by Gasteiger charge is -2.26. The summed E-state index contributed by atoms with van der Waals surface area (Å²) in [6.07, 6.45) is 2.84. The Bertz CT molecular complexity index is 350. The third-order valence-electron chi connectivity index (χ3n) is 3.39. The Labute approximate surface area is 102 Å². The summed E-state index contributed by atoms with van der Waals surface area (Å²) < 4.78 is 19.4. The van der Waals surface area contributed by atoms with Crippen molar-refractivity contribution in [3.05, 3.63) is 29.8 Å². The largest absolute Gasteiger partial charge is 0.496 e. The first-order chi connectivity index (χ1) is 8.31. The second-order valence-electron chi connectivity index (χ2n) is 4.59. The molecule has 1 aliphatic rings. The summed E-state index contributed by atoms with van der Waals surface area (Å²) in [5.74, 6) is 0.783. The van der Waals surface area contributed by atoms with Crippen LogP contribution in [0.3, 0.4) is 0 Å². The Kier molecular flexibility index (Phi) is 4.37. The summed E-state index contributed by atoms with van der Waals surface area (Å²) in [6.45, 7) is 0.941. The molecule has 94 valence electrons. The molecule has 2 rings (SSSR count). The number of hydrogen-bond donors (Lipinski definition) is 1. The second-order valence-corrected chi connectivity index (χ2v) is 4.59. The third-order valence-corrected chi connectivity index (χ3v) is 3.39. The van der Waals surface area contributed by atoms with E-state index in [2.05, 4.69) is 5.32 Å². The summed E-state index contributed by atoms with van der Waals surface area (Å²) in [5, 5.41) is 3.26. The predicted octanol–water partition coefficient (Wildman–Crippen LogP) is 2.72. The van der Waals surface area contributed by atoms with Crippen LogP contribution in [-0.4, -0.2) is 25.9 Å². The molecule has 2 nitrogen and oxygen atoms in total. The standard InChI is InChI=1S/C14H20FNO/c1-17-14-8-3-2-6-11(14)10-12(15)13-7-4-5-9-16-13/h2-3,6,8,12-13,16H,4-5,7,9-10H2,1H3. The maximum Gasteiger partial charge on any atom is 0.122 e. The van der Waals surface area contributed by atoms with Crippen molar-refractivity contribution in [1.82, 2.24) is 5.32 Å². The summed E-state index contributed by atoms with van der Waals surface area (Å²) in [4.78, 5) is 0. The molecule has 1 aliphatic heterocycles. The topological polar surface area (TPSA) is 21.3 Å². The van der Waals surface area contributed by atoms with Gasteiger partial charge in [0.25, 0.3) is 0 Å². The van der Waals surface area contributed by atoms with Crippen molar-refractivity contribution in [1.29, 1.82) is 0 Å². The molecule has 0 aliphatic carbocycles. The van der Waals surface area contributed by atoms with E-state index in [1.165, 1.54) is 0 Å². The van der Waals surface area contributed by atoms with Crippen LogP contribution >= 0.6 is 0 Å². The highest BCUT2D eigenvalue weighted by molar-refractivity contribution is 5.33. The van der Waals surface area contributed by atoms with E-state index in [-0.39, 0.29) is 6.04 Å². The van der Waals surface area contributed by atoms with Gasteiger partial charge in [-0.1, -0.05) is 24.6 Å². The lowest BCUT2D eigenvalue weighted by atomic mass is 9.96. The fraction of sp³-hybridized carbons (Fsp3) is 0.571. The van der Waals surface area contributed by atoms with Gasteiger partial charge in [0.05, 0.1) is 7.11 Å². The van der Waals surface area contributed by atoms with E-state index >= 15 is 0 Å². The SMILES string of the molecule is COc1ccccc1CC(F)C1CCCCN1. The predicted molar refractivity (Wildman–Crippen MR) is 67.2 cm³/mol. The molecular weight excluding hydrogens is 217 g/mol. The minimum atomic E-state index is -0.827. The molecule has 1 N–H and O–H groups in total. The van der Waals surface area contributed by atoms with Gasteiger partial charge in [0, 0.05) is 12.5 Å². The zero-order valence-corrected chi connectivity index (χ0v) is 10.3. The molecule has 17 heavy (non-hydrogen) atoms. The Morgan fingerprint density at radius 1 is 1.41 bits per heavy atom. The monoisotopic (exact) mass is 237 g/mol. The van der Waals surface area contributed by atoms with Crippen molar-refractivity contribution in [3.8, 4) is 5.75 Å². The van der Waals surface area contributed by atoms with Crippen LogP contribution in [0.4, 0.5) is 4.39 Å². The summed E-state index contributed by atoms with van der Waals surface area (Å²) in [6, 6.07) is 7.67. The summed E-state index contributed by atoms with van der Waals surface area (Å²) in [7, 11) is 1.63. The van der Waals surface area contributed by atoms with E-state index in [4.69, 9.17) is 4.74 Å². The van der Waals surface area contributed by atoms with Gasteiger partial charge in [0.2, 0.25) is 0 Å². The summed E-state index contributed by atoms with van der Waals surface area (Å²) in [5.41, 5.74) is 0.954. The van der Waals surface area contributed by atoms with E-state index in [1.54, 1.807) is 7.11 Å². The first-order valence-electron chi connectivity index (χ1n) is 6.30. The maximum atomic E-state index is 14.2. The number of para-hydroxylation sites is 1. The average molecular weight is 237 g/mol. The third kappa shape index (κ3) is 3.19. The highest BCUT2D eigenvalue weighted by atomic mass is 19.1. The minimum absolute atomic E-state index is 0.00802. The maximum absolute atomic E-state index is 14.2. The quantitative estimate of drug-likeness (QED) is 0.869. The van der Waals surface area contributed by atoms with Crippen LogP contribution in [0.1, 0.15) is 24.8 Å². The minimum Gasteiger partial charge on any atom is -0.496 e. The molecule has 3 heteroatoms. The highest BCUT2D eigenvalue weighted by Gasteiger charge is 2.23. The van der Waals surface area contributed by atoms with Crippen LogP contribution < -0.4 is 10.1 Å². The summed E-state index contributed by atoms with van der Waals surface area (Å²) >= 11 is 0. The second kappa shape index (κ2) is 6.01. The lowest BCUT2D eigenvalue weighted by molar-refractivity contribution is 0.215. The Morgan fingerprint density at radius 2 is 2.24 bits per heavy atom. The Balaban J connectivity index is 1.99. The van der Waals surface area contributed by atoms with Gasteiger partial charge in [-0.3, -0.25) is 0 Å². The van der Waals surface area contributed by atoms with Gasteiger partial charge in [-0.2, -0.15) is 0 Å². The van der Waals surface area contributed by atoms with Crippen LogP contribution in [0.5, 0.6) is 5.75 Å². The van der Waals surface area contributed by atoms with Crippen molar-refractivity contribution in [3.63, 3.8) is 0 Å². The number of benzene rings is 1. The van der Waals surface area contributed by atoms with Crippen molar-refractivity contribution < 1.29 is 9.13 Å². The van der Waals surface area contributed by atoms with E-state index in [1.807, 2.05) is 24.3 Å². The first-order valence-corrected chi connectivity index (χ1v) is 6.30. The van der Waals surface area contributed by atoms with Gasteiger partial charge in [0.15, 0.2) is 0 Å². The van der Waals surface area contributed by atoms with Crippen molar-refractivity contribution >= 4 is 0 Å². The van der Waals surface area contributed by atoms with Gasteiger partial charge < -0.3 is 10.1 Å². The molecule has 0 radical (unpaired) electrons. The van der Waals surface area contributed by atoms with Gasteiger partial charge in [-0.15, -0.1) is 0 Å². The number of ether oxygens (including phenoxy) is 1. The molecule has 1 aromatic carbocycles. The fourth-order valence-electron chi connectivity index (χ4n) is 2.41. The smallest absolute Gasteiger partial charge is 0.122 e. The van der Waals surface area contributed by atoms with Crippen LogP contribution in [-0.2, 0) is 6.42 Å². The molecule has 1 heterocycles. The molecule has 0 aromatic heterocycles. The van der Waals surface area contributed by atoms with E-state index in [9.17, 15) is 4.39 Å². The van der Waals surface area contributed by atoms with Crippen molar-refractivity contribution in [2.24, 2.45) is 0 Å². The van der Waals surface area contributed by atoms with Gasteiger partial charge in [-0.05, 0) is 31.0 Å². The molecule has 0 saturated carbocycles. The number of hydrogen-bond acceptors (Lipinski definition) is 2. The number of nitrogens with one attached hydrogen (secondary N) is 1. The molecule has 0 bridgehead atoms. The van der Waals surface area contributed by atoms with Crippen molar-refractivity contribution in [2.45, 2.75) is 37.9 Å². The molecule has 1 saturated heterocycles. The molecular formula is C14H20FNO. The van der Waals surface area contributed by atoms with Crippen LogP contribution in [0.2, 0.25) is 0 Å². The fourth-order valence-corrected chi connectivity index (χ4v) is 2.41. The van der Waals surface area contributed by atoms with Crippen LogP contribution in [0.15, 0.2) is 24.3 Å². The number of alkyl halides is 1. The average Bonchev–Trinajstić information content (AvgIpc) is 2.40. The van der Waals surface area contributed by atoms with Gasteiger partial charge >= 0.3 is 0 Å². The number of rotatable bonds is 4. The molecule has 1 aromatic rings. The molecule has 0 spiro atoms. The van der Waals surface area contributed by atoms with E-state index in [0.29, 0.717) is 6.42 Å². The lowest BCUT2D eigenvalue weighted by Crippen LogP contribution is -2.42. The molecule has 2 atom stereocenters. The number of piperidine rings is 1. The van der Waals surface area contributed by atoms with Gasteiger partial charge in [-0.25, -0.2) is 4.39 Å². The van der Waals surface area contributed by atoms with Gasteiger partial charge in [0.1, 0.15) is 11.9 Å². The Morgan fingerprint density at radius 3 is 2.94 bits per heavy atom. The van der Waals surface area contributed by atoms with E-state index in [0.717, 1.165) is 37.1 Å². The van der Waals surface area contributed by atoms with Crippen molar-refractivity contribution in [2.75, 3.05) is 13.7 Å². The highest BCUT2D eigenvalue weighted by Crippen LogP contribution is 2.23. The number of halogens is 1. The first kappa shape index (κ1) is 12.4. The zero-order chi connectivity index (χ0) is 12.1. The van der Waals surface area contributed by atoms with Crippen LogP contribution in [0, 0.1) is 0 Å². The molecule has 2 unspecified atom stereocenters. The molecule has 1 fully saturated rings. The molecule has 0 amide bonds. The number of methoxy groups -OCH3 is 1.